The molecular formula is C21H22N6O7S. The van der Waals surface area contributed by atoms with E-state index < -0.39 is 52.1 Å². The predicted octanol–water partition coefficient (Wildman–Crippen LogP) is -0.346. The lowest BCUT2D eigenvalue weighted by Gasteiger charge is -2.36. The van der Waals surface area contributed by atoms with Gasteiger partial charge in [-0.25, -0.2) is 8.99 Å². The first-order valence-corrected chi connectivity index (χ1v) is 12.0. The molecule has 0 aliphatic carbocycles. The number of amides is 3. The van der Waals surface area contributed by atoms with Crippen LogP contribution >= 0.6 is 0 Å². The van der Waals surface area contributed by atoms with Gasteiger partial charge in [-0.2, -0.15) is 13.5 Å². The highest BCUT2D eigenvalue weighted by atomic mass is 32.2. The highest BCUT2D eigenvalue weighted by Gasteiger charge is 2.45. The van der Waals surface area contributed by atoms with Gasteiger partial charge in [0.2, 0.25) is 11.3 Å². The number of β-lactam (4-membered cyclic amide) rings is 1. The van der Waals surface area contributed by atoms with Crippen LogP contribution in [0.3, 0.4) is 0 Å². The number of hydrogen-bond donors (Lipinski definition) is 4. The number of aromatic nitrogens is 3. The van der Waals surface area contributed by atoms with Crippen LogP contribution in [-0.2, 0) is 26.4 Å². The number of aromatic amines is 1. The summed E-state index contributed by atoms with van der Waals surface area (Å²) in [5.74, 6) is -2.64. The van der Waals surface area contributed by atoms with Gasteiger partial charge in [-0.15, -0.1) is 0 Å². The fourth-order valence-electron chi connectivity index (χ4n) is 3.86. The molecule has 0 radical (unpaired) electrons. The molecule has 3 heterocycles. The fourth-order valence-corrected chi connectivity index (χ4v) is 4.55. The maximum Gasteiger partial charge on any atom is 0.362 e. The molecule has 1 fully saturated rings. The third kappa shape index (κ3) is 4.40. The molecule has 1 aliphatic rings. The fraction of sp³-hybridized carbons (Fsp3) is 0.286. The maximum atomic E-state index is 13.1. The molecule has 2 atom stereocenters. The SMILES string of the molecule is CCn1nc(C)c2c(=O)c(C(=O)NC(C(=O)N[C@H]3CN(S(=O)(=O)O)C3=O)c3ccccc3)c[nH]c21. The van der Waals surface area contributed by atoms with E-state index >= 15 is 0 Å². The van der Waals surface area contributed by atoms with Crippen molar-refractivity contribution in [3.8, 4) is 0 Å². The molecule has 3 aromatic rings. The number of hydrogen-bond acceptors (Lipinski definition) is 7. The van der Waals surface area contributed by atoms with Crippen molar-refractivity contribution in [3.05, 3.63) is 63.6 Å². The number of carbonyl (C=O) groups excluding carboxylic acids is 3. The van der Waals surface area contributed by atoms with Crippen molar-refractivity contribution in [3.63, 3.8) is 0 Å². The van der Waals surface area contributed by atoms with E-state index in [0.29, 0.717) is 23.4 Å². The van der Waals surface area contributed by atoms with Gasteiger partial charge >= 0.3 is 10.3 Å². The normalized spacial score (nSPS) is 16.6. The molecule has 14 heteroatoms. The van der Waals surface area contributed by atoms with Crippen LogP contribution in [0.4, 0.5) is 0 Å². The molecule has 2 aromatic heterocycles. The van der Waals surface area contributed by atoms with Crippen LogP contribution in [0.15, 0.2) is 41.3 Å². The van der Waals surface area contributed by atoms with Crippen LogP contribution in [0.25, 0.3) is 11.0 Å². The zero-order valence-corrected chi connectivity index (χ0v) is 19.5. The summed E-state index contributed by atoms with van der Waals surface area (Å²) in [5.41, 5.74) is 0.489. The van der Waals surface area contributed by atoms with Crippen LogP contribution in [0.1, 0.15) is 34.6 Å². The van der Waals surface area contributed by atoms with E-state index in [9.17, 15) is 27.6 Å². The molecule has 1 aromatic carbocycles. The summed E-state index contributed by atoms with van der Waals surface area (Å²) >= 11 is 0. The van der Waals surface area contributed by atoms with E-state index in [1.54, 1.807) is 41.9 Å². The van der Waals surface area contributed by atoms with E-state index in [2.05, 4.69) is 20.7 Å². The molecule has 4 rings (SSSR count). The highest BCUT2D eigenvalue weighted by molar-refractivity contribution is 7.84. The second-order valence-electron chi connectivity index (χ2n) is 7.88. The molecule has 1 aliphatic heterocycles. The summed E-state index contributed by atoms with van der Waals surface area (Å²) in [4.78, 5) is 54.0. The van der Waals surface area contributed by atoms with Crippen LogP contribution in [0, 0.1) is 6.92 Å². The van der Waals surface area contributed by atoms with Gasteiger partial charge in [0.15, 0.2) is 0 Å². The van der Waals surface area contributed by atoms with Crippen LogP contribution in [-0.4, -0.2) is 62.3 Å². The lowest BCUT2D eigenvalue weighted by atomic mass is 10.0. The molecule has 4 N–H and O–H groups in total. The number of nitrogens with one attached hydrogen (secondary N) is 3. The van der Waals surface area contributed by atoms with Crippen molar-refractivity contribution in [2.24, 2.45) is 0 Å². The first-order valence-electron chi connectivity index (χ1n) is 10.6. The Kier molecular flexibility index (Phi) is 6.17. The topological polar surface area (TPSA) is 184 Å². The molecule has 184 valence electrons. The van der Waals surface area contributed by atoms with Crippen molar-refractivity contribution < 1.29 is 27.4 Å². The minimum atomic E-state index is -4.72. The molecule has 3 amide bonds. The number of aryl methyl sites for hydroxylation is 2. The standard InChI is InChI=1S/C21H22N6O7S/c1-3-26-18-15(11(2)25-26)17(28)13(9-22-18)19(29)24-16(12-7-5-4-6-8-12)20(30)23-14-10-27(21(14)31)35(32,33)34/h4-9,14,16H,3,10H2,1-2H3,(H,22,28)(H,23,30)(H,24,29)(H,32,33,34)/t14-,16?/m0/s1. The average molecular weight is 503 g/mol. The number of nitrogens with zero attached hydrogens (tertiary/aromatic N) is 3. The second-order valence-corrected chi connectivity index (χ2v) is 9.22. The summed E-state index contributed by atoms with van der Waals surface area (Å²) in [6.45, 7) is 3.57. The average Bonchev–Trinajstić information content (AvgIpc) is 3.15. The summed E-state index contributed by atoms with van der Waals surface area (Å²) in [6, 6.07) is 5.61. The molecule has 0 spiro atoms. The monoisotopic (exact) mass is 502 g/mol. The number of rotatable bonds is 7. The molecule has 0 bridgehead atoms. The van der Waals surface area contributed by atoms with Crippen molar-refractivity contribution >= 4 is 39.1 Å². The Morgan fingerprint density at radius 3 is 2.54 bits per heavy atom. The Morgan fingerprint density at radius 1 is 1.26 bits per heavy atom. The second kappa shape index (κ2) is 8.96. The molecule has 35 heavy (non-hydrogen) atoms. The Balaban J connectivity index is 1.60. The predicted molar refractivity (Wildman–Crippen MR) is 123 cm³/mol. The van der Waals surface area contributed by atoms with Gasteiger partial charge in [0.1, 0.15) is 23.3 Å². The van der Waals surface area contributed by atoms with Crippen molar-refractivity contribution in [1.29, 1.82) is 0 Å². The largest absolute Gasteiger partial charge is 0.362 e. The number of benzene rings is 1. The Labute approximate surface area is 199 Å². The minimum Gasteiger partial charge on any atom is -0.345 e. The Bertz CT molecular complexity index is 1500. The summed E-state index contributed by atoms with van der Waals surface area (Å²) in [5, 5.41) is 9.42. The highest BCUT2D eigenvalue weighted by Crippen LogP contribution is 2.19. The zero-order chi connectivity index (χ0) is 25.5. The smallest absolute Gasteiger partial charge is 0.345 e. The number of fused-ring (bicyclic) bond motifs is 1. The van der Waals surface area contributed by atoms with E-state index in [1.165, 1.54) is 6.20 Å². The van der Waals surface area contributed by atoms with E-state index in [1.807, 2.05) is 6.92 Å². The van der Waals surface area contributed by atoms with E-state index in [-0.39, 0.29) is 15.3 Å². The van der Waals surface area contributed by atoms with Crippen molar-refractivity contribution in [1.82, 2.24) is 29.7 Å². The molecule has 1 unspecified atom stereocenters. The van der Waals surface area contributed by atoms with Gasteiger partial charge in [-0.3, -0.25) is 23.7 Å². The maximum absolute atomic E-state index is 13.1. The lowest BCUT2D eigenvalue weighted by molar-refractivity contribution is -0.141. The first kappa shape index (κ1) is 24.1. The van der Waals surface area contributed by atoms with Gasteiger partial charge in [-0.05, 0) is 19.4 Å². The summed E-state index contributed by atoms with van der Waals surface area (Å²) in [7, 11) is -4.72. The van der Waals surface area contributed by atoms with Crippen molar-refractivity contribution in [2.45, 2.75) is 32.5 Å². The lowest BCUT2D eigenvalue weighted by Crippen LogP contribution is -2.66. The number of carbonyl (C=O) groups is 3. The molecule has 1 saturated heterocycles. The molecular weight excluding hydrogens is 480 g/mol. The first-order chi connectivity index (χ1) is 16.5. The third-order valence-corrected chi connectivity index (χ3v) is 6.54. The van der Waals surface area contributed by atoms with Gasteiger partial charge in [0, 0.05) is 12.7 Å². The van der Waals surface area contributed by atoms with Gasteiger partial charge in [0.25, 0.3) is 11.8 Å². The molecule has 13 nitrogen and oxygen atoms in total. The van der Waals surface area contributed by atoms with Gasteiger partial charge < -0.3 is 15.6 Å². The van der Waals surface area contributed by atoms with Gasteiger partial charge in [0.05, 0.1) is 17.6 Å². The summed E-state index contributed by atoms with van der Waals surface area (Å²) < 4.78 is 33.1. The quantitative estimate of drug-likeness (QED) is 0.250. The van der Waals surface area contributed by atoms with Crippen LogP contribution < -0.4 is 16.1 Å². The van der Waals surface area contributed by atoms with Crippen molar-refractivity contribution in [2.75, 3.05) is 6.54 Å². The Morgan fingerprint density at radius 2 is 1.94 bits per heavy atom. The third-order valence-electron chi connectivity index (χ3n) is 5.65. The summed E-state index contributed by atoms with van der Waals surface area (Å²) in [6.07, 6.45) is 1.24. The Hall–Kier alpha value is -4.04. The van der Waals surface area contributed by atoms with Crippen LogP contribution in [0.2, 0.25) is 0 Å². The minimum absolute atomic E-state index is 0.210. The van der Waals surface area contributed by atoms with Crippen LogP contribution in [0.5, 0.6) is 0 Å². The van der Waals surface area contributed by atoms with E-state index in [4.69, 9.17) is 4.55 Å². The number of H-pyrrole nitrogens is 1. The molecule has 0 saturated carbocycles. The number of pyridine rings is 1. The van der Waals surface area contributed by atoms with E-state index in [0.717, 1.165) is 0 Å². The van der Waals surface area contributed by atoms with Gasteiger partial charge in [-0.1, -0.05) is 30.3 Å². The zero-order valence-electron chi connectivity index (χ0n) is 18.7.